The van der Waals surface area contributed by atoms with Crippen molar-refractivity contribution < 1.29 is 4.79 Å². The molecule has 0 fully saturated rings. The van der Waals surface area contributed by atoms with Crippen LogP contribution in [0.4, 0.5) is 5.69 Å². The first-order chi connectivity index (χ1) is 11.1. The quantitative estimate of drug-likeness (QED) is 0.535. The molecule has 0 saturated heterocycles. The second-order valence-electron chi connectivity index (χ2n) is 4.98. The maximum atomic E-state index is 12.4. The molecule has 1 N–H and O–H groups in total. The van der Waals surface area contributed by atoms with Gasteiger partial charge in [-0.1, -0.05) is 29.4 Å². The van der Waals surface area contributed by atoms with Crippen molar-refractivity contribution in [2.75, 3.05) is 5.32 Å². The molecule has 2 heterocycles. The first kappa shape index (κ1) is 16.2. The number of nitrogens with zero attached hydrogens (tertiary/aromatic N) is 2. The first-order valence-corrected chi connectivity index (χ1v) is 9.11. The van der Waals surface area contributed by atoms with E-state index in [1.165, 1.54) is 18.1 Å². The summed E-state index contributed by atoms with van der Waals surface area (Å²) in [5.74, 6) is -0.0811. The Kier molecular flexibility index (Phi) is 4.84. The van der Waals surface area contributed by atoms with Gasteiger partial charge in [0.25, 0.3) is 0 Å². The van der Waals surface area contributed by atoms with Crippen LogP contribution in [0, 0.1) is 6.92 Å². The third-order valence-electron chi connectivity index (χ3n) is 3.41. The van der Waals surface area contributed by atoms with Crippen LogP contribution in [-0.4, -0.2) is 21.1 Å². The SMILES string of the molecule is Cc1c(Cl)cccc1NC(=O)[C@H](C)Sc1ncnc2sccc12. The molecule has 3 rings (SSSR count). The van der Waals surface area contributed by atoms with Gasteiger partial charge < -0.3 is 5.32 Å². The summed E-state index contributed by atoms with van der Waals surface area (Å²) in [4.78, 5) is 21.9. The highest BCUT2D eigenvalue weighted by Crippen LogP contribution is 2.31. The van der Waals surface area contributed by atoms with Crippen LogP contribution in [0.5, 0.6) is 0 Å². The molecule has 0 spiro atoms. The van der Waals surface area contributed by atoms with Gasteiger partial charge in [-0.15, -0.1) is 11.3 Å². The predicted octanol–water partition coefficient (Wildman–Crippen LogP) is 4.77. The molecular formula is C16H14ClN3OS2. The number of rotatable bonds is 4. The summed E-state index contributed by atoms with van der Waals surface area (Å²) in [6, 6.07) is 7.45. The van der Waals surface area contributed by atoms with E-state index in [0.717, 1.165) is 26.5 Å². The van der Waals surface area contributed by atoms with Crippen LogP contribution in [0.1, 0.15) is 12.5 Å². The third kappa shape index (κ3) is 3.49. The Morgan fingerprint density at radius 2 is 2.17 bits per heavy atom. The molecule has 0 saturated carbocycles. The topological polar surface area (TPSA) is 54.9 Å². The summed E-state index contributed by atoms with van der Waals surface area (Å²) in [5.41, 5.74) is 1.60. The average Bonchev–Trinajstić information content (AvgIpc) is 3.01. The van der Waals surface area contributed by atoms with Gasteiger partial charge in [0.2, 0.25) is 5.91 Å². The van der Waals surface area contributed by atoms with Gasteiger partial charge in [0.1, 0.15) is 16.2 Å². The highest BCUT2D eigenvalue weighted by atomic mass is 35.5. The monoisotopic (exact) mass is 363 g/mol. The lowest BCUT2D eigenvalue weighted by molar-refractivity contribution is -0.115. The zero-order valence-electron chi connectivity index (χ0n) is 12.5. The number of fused-ring (bicyclic) bond motifs is 1. The van der Waals surface area contributed by atoms with Crippen LogP contribution in [0.25, 0.3) is 10.2 Å². The molecule has 0 unspecified atom stereocenters. The maximum absolute atomic E-state index is 12.4. The van der Waals surface area contributed by atoms with E-state index in [-0.39, 0.29) is 11.2 Å². The van der Waals surface area contributed by atoms with E-state index >= 15 is 0 Å². The summed E-state index contributed by atoms with van der Waals surface area (Å²) in [7, 11) is 0. The number of thioether (sulfide) groups is 1. The summed E-state index contributed by atoms with van der Waals surface area (Å²) in [6.45, 7) is 3.75. The number of amides is 1. The normalized spacial score (nSPS) is 12.3. The van der Waals surface area contributed by atoms with Crippen LogP contribution in [0.2, 0.25) is 5.02 Å². The summed E-state index contributed by atoms with van der Waals surface area (Å²) < 4.78 is 0. The average molecular weight is 364 g/mol. The molecule has 0 aliphatic carbocycles. The van der Waals surface area contributed by atoms with Crippen molar-refractivity contribution in [3.8, 4) is 0 Å². The number of aromatic nitrogens is 2. The Morgan fingerprint density at radius 3 is 3.00 bits per heavy atom. The fourth-order valence-corrected chi connectivity index (χ4v) is 3.93. The van der Waals surface area contributed by atoms with Gasteiger partial charge in [-0.3, -0.25) is 4.79 Å². The van der Waals surface area contributed by atoms with Crippen molar-refractivity contribution >= 4 is 56.5 Å². The number of hydrogen-bond donors (Lipinski definition) is 1. The van der Waals surface area contributed by atoms with E-state index < -0.39 is 0 Å². The van der Waals surface area contributed by atoms with Gasteiger partial charge in [-0.2, -0.15) is 0 Å². The fraction of sp³-hybridized carbons (Fsp3) is 0.188. The Bertz CT molecular complexity index is 865. The second kappa shape index (κ2) is 6.86. The van der Waals surface area contributed by atoms with Gasteiger partial charge in [0.05, 0.1) is 5.25 Å². The van der Waals surface area contributed by atoms with Crippen molar-refractivity contribution in [1.29, 1.82) is 0 Å². The fourth-order valence-electron chi connectivity index (χ4n) is 2.06. The molecule has 1 atom stereocenters. The zero-order valence-corrected chi connectivity index (χ0v) is 14.9. The molecule has 4 nitrogen and oxygen atoms in total. The highest BCUT2D eigenvalue weighted by Gasteiger charge is 2.18. The molecular weight excluding hydrogens is 350 g/mol. The summed E-state index contributed by atoms with van der Waals surface area (Å²) >= 11 is 9.08. The van der Waals surface area contributed by atoms with Gasteiger partial charge >= 0.3 is 0 Å². The Labute approximate surface area is 147 Å². The van der Waals surface area contributed by atoms with Crippen LogP contribution in [0.15, 0.2) is 41.0 Å². The Balaban J connectivity index is 1.75. The van der Waals surface area contributed by atoms with Crippen molar-refractivity contribution in [2.45, 2.75) is 24.1 Å². The Hall–Kier alpha value is -1.63. The lowest BCUT2D eigenvalue weighted by atomic mass is 10.2. The third-order valence-corrected chi connectivity index (χ3v) is 5.75. The van der Waals surface area contributed by atoms with E-state index in [4.69, 9.17) is 11.6 Å². The van der Waals surface area contributed by atoms with Crippen LogP contribution in [0.3, 0.4) is 0 Å². The molecule has 7 heteroatoms. The molecule has 1 aromatic carbocycles. The van der Waals surface area contributed by atoms with Gasteiger partial charge in [-0.05, 0) is 43.0 Å². The van der Waals surface area contributed by atoms with E-state index in [0.29, 0.717) is 5.02 Å². The molecule has 3 aromatic rings. The van der Waals surface area contributed by atoms with Crippen LogP contribution < -0.4 is 5.32 Å². The minimum atomic E-state index is -0.286. The maximum Gasteiger partial charge on any atom is 0.237 e. The smallest absolute Gasteiger partial charge is 0.237 e. The number of carbonyl (C=O) groups excluding carboxylic acids is 1. The molecule has 0 radical (unpaired) electrons. The second-order valence-corrected chi connectivity index (χ2v) is 7.61. The van der Waals surface area contributed by atoms with Crippen LogP contribution >= 0.6 is 34.7 Å². The van der Waals surface area contributed by atoms with Gasteiger partial charge in [0, 0.05) is 16.1 Å². The van der Waals surface area contributed by atoms with E-state index in [1.54, 1.807) is 17.4 Å². The number of halogens is 1. The van der Waals surface area contributed by atoms with Crippen molar-refractivity contribution in [2.24, 2.45) is 0 Å². The lowest BCUT2D eigenvalue weighted by Crippen LogP contribution is -2.23. The number of nitrogens with one attached hydrogen (secondary N) is 1. The van der Waals surface area contributed by atoms with Crippen molar-refractivity contribution in [3.05, 3.63) is 46.6 Å². The molecule has 2 aromatic heterocycles. The number of thiophene rings is 1. The zero-order chi connectivity index (χ0) is 16.4. The standard InChI is InChI=1S/C16H14ClN3OS2/c1-9-12(17)4-3-5-13(9)20-14(21)10(2)23-16-11-6-7-22-15(11)18-8-19-16/h3-8,10H,1-2H3,(H,20,21)/t10-/m0/s1. The summed E-state index contributed by atoms with van der Waals surface area (Å²) in [6.07, 6.45) is 1.53. The number of benzene rings is 1. The van der Waals surface area contributed by atoms with Crippen molar-refractivity contribution in [3.63, 3.8) is 0 Å². The number of anilines is 1. The van der Waals surface area contributed by atoms with Gasteiger partial charge in [-0.25, -0.2) is 9.97 Å². The Morgan fingerprint density at radius 1 is 1.35 bits per heavy atom. The summed E-state index contributed by atoms with van der Waals surface area (Å²) in [5, 5.41) is 7.06. The van der Waals surface area contributed by atoms with E-state index in [9.17, 15) is 4.79 Å². The first-order valence-electron chi connectivity index (χ1n) is 6.97. The largest absolute Gasteiger partial charge is 0.325 e. The molecule has 0 aliphatic rings. The number of carbonyl (C=O) groups is 1. The van der Waals surface area contributed by atoms with Crippen molar-refractivity contribution in [1.82, 2.24) is 9.97 Å². The molecule has 1 amide bonds. The van der Waals surface area contributed by atoms with Crippen LogP contribution in [-0.2, 0) is 4.79 Å². The van der Waals surface area contributed by atoms with E-state index in [2.05, 4.69) is 15.3 Å². The number of hydrogen-bond acceptors (Lipinski definition) is 5. The molecule has 118 valence electrons. The molecule has 0 aliphatic heterocycles. The minimum absolute atomic E-state index is 0.0811. The highest BCUT2D eigenvalue weighted by molar-refractivity contribution is 8.00. The van der Waals surface area contributed by atoms with E-state index in [1.807, 2.05) is 37.4 Å². The van der Waals surface area contributed by atoms with Gasteiger partial charge in [0.15, 0.2) is 0 Å². The predicted molar refractivity (Wildman–Crippen MR) is 97.6 cm³/mol. The molecule has 23 heavy (non-hydrogen) atoms. The lowest BCUT2D eigenvalue weighted by Gasteiger charge is -2.14. The molecule has 0 bridgehead atoms. The minimum Gasteiger partial charge on any atom is -0.325 e.